The van der Waals surface area contributed by atoms with E-state index in [0.29, 0.717) is 6.92 Å². The number of carbonyl (C=O) groups is 1. The van der Waals surface area contributed by atoms with Crippen LogP contribution in [0.3, 0.4) is 0 Å². The van der Waals surface area contributed by atoms with Crippen LogP contribution < -0.4 is 0 Å². The van der Waals surface area contributed by atoms with Crippen LogP contribution >= 0.6 is 0 Å². The fraction of sp³-hybridized carbons (Fsp3) is 0.857. The summed E-state index contributed by atoms with van der Waals surface area (Å²) in [6, 6.07) is 0. The fourth-order valence-electron chi connectivity index (χ4n) is 0.779. The van der Waals surface area contributed by atoms with Gasteiger partial charge in [-0.3, -0.25) is 4.79 Å². The van der Waals surface area contributed by atoms with Gasteiger partial charge in [-0.15, -0.1) is 0 Å². The molecule has 0 aliphatic carbocycles. The molecule has 0 radical (unpaired) electrons. The van der Waals surface area contributed by atoms with E-state index in [9.17, 15) is 22.7 Å². The van der Waals surface area contributed by atoms with Gasteiger partial charge in [-0.05, 0) is 13.3 Å². The van der Waals surface area contributed by atoms with Gasteiger partial charge in [0.1, 0.15) is 5.78 Å². The number of Topliss-reactive ketones (excluding diaryl/α,β-unsaturated/α-hetero) is 1. The van der Waals surface area contributed by atoms with Gasteiger partial charge in [0, 0.05) is 23.5 Å². The molecule has 0 N–H and O–H groups in total. The standard InChI is InChI=1S/C7H12F4N2O/c1-3-6(14)4-5-7(2,12(8)9)13(10)11/h3-5H2,1-2H3. The summed E-state index contributed by atoms with van der Waals surface area (Å²) in [4.78, 5) is 10.8. The van der Waals surface area contributed by atoms with Crippen molar-refractivity contribution >= 4 is 5.78 Å². The molecule has 0 atom stereocenters. The molecular formula is C7H12F4N2O. The lowest BCUT2D eigenvalue weighted by Crippen LogP contribution is -2.45. The maximum atomic E-state index is 12.1. The van der Waals surface area contributed by atoms with Crippen molar-refractivity contribution in [1.82, 2.24) is 10.7 Å². The summed E-state index contributed by atoms with van der Waals surface area (Å²) >= 11 is 0. The van der Waals surface area contributed by atoms with E-state index in [-0.39, 0.29) is 18.6 Å². The molecule has 0 unspecified atom stereocenters. The van der Waals surface area contributed by atoms with Crippen molar-refractivity contribution in [2.75, 3.05) is 0 Å². The molecule has 0 aromatic rings. The molecule has 0 aliphatic rings. The van der Waals surface area contributed by atoms with E-state index in [1.807, 2.05) is 0 Å². The third-order valence-electron chi connectivity index (χ3n) is 2.00. The average Bonchev–Trinajstić information content (AvgIpc) is 2.12. The highest BCUT2D eigenvalue weighted by Crippen LogP contribution is 2.28. The molecule has 0 saturated heterocycles. The van der Waals surface area contributed by atoms with Crippen molar-refractivity contribution in [3.05, 3.63) is 0 Å². The van der Waals surface area contributed by atoms with Crippen molar-refractivity contribution in [3.8, 4) is 0 Å². The Morgan fingerprint density at radius 1 is 1.21 bits per heavy atom. The highest BCUT2D eigenvalue weighted by Gasteiger charge is 2.42. The quantitative estimate of drug-likeness (QED) is 0.387. The zero-order valence-corrected chi connectivity index (χ0v) is 7.94. The molecule has 7 heteroatoms. The molecule has 0 fully saturated rings. The Hall–Kier alpha value is -0.690. The van der Waals surface area contributed by atoms with E-state index in [2.05, 4.69) is 0 Å². The van der Waals surface area contributed by atoms with Crippen LogP contribution in [0.1, 0.15) is 33.1 Å². The van der Waals surface area contributed by atoms with Gasteiger partial charge in [0.15, 0.2) is 5.66 Å². The van der Waals surface area contributed by atoms with Crippen molar-refractivity contribution < 1.29 is 22.7 Å². The minimum atomic E-state index is -2.69. The van der Waals surface area contributed by atoms with Gasteiger partial charge in [0.05, 0.1) is 0 Å². The average molecular weight is 216 g/mol. The second-order valence-corrected chi connectivity index (χ2v) is 3.08. The molecule has 0 spiro atoms. The topological polar surface area (TPSA) is 23.6 Å². The van der Waals surface area contributed by atoms with Crippen LogP contribution in [-0.2, 0) is 4.79 Å². The molecule has 0 heterocycles. The number of ketones is 1. The summed E-state index contributed by atoms with van der Waals surface area (Å²) in [7, 11) is 0. The number of hydrogen-bond donors (Lipinski definition) is 0. The van der Waals surface area contributed by atoms with Crippen molar-refractivity contribution in [2.24, 2.45) is 0 Å². The number of hydrogen-bond acceptors (Lipinski definition) is 3. The maximum Gasteiger partial charge on any atom is 0.193 e. The van der Waals surface area contributed by atoms with Crippen molar-refractivity contribution in [3.63, 3.8) is 0 Å². The largest absolute Gasteiger partial charge is 0.300 e. The lowest BCUT2D eigenvalue weighted by atomic mass is 10.0. The number of halogens is 4. The molecule has 14 heavy (non-hydrogen) atoms. The Labute approximate surface area is 79.0 Å². The Morgan fingerprint density at radius 2 is 1.64 bits per heavy atom. The molecule has 0 saturated carbocycles. The molecule has 0 bridgehead atoms. The van der Waals surface area contributed by atoms with Gasteiger partial charge >= 0.3 is 0 Å². The van der Waals surface area contributed by atoms with E-state index in [1.165, 1.54) is 0 Å². The lowest BCUT2D eigenvalue weighted by Gasteiger charge is -2.27. The summed E-state index contributed by atoms with van der Waals surface area (Å²) in [6.45, 7) is 2.21. The van der Waals surface area contributed by atoms with Gasteiger partial charge in [-0.2, -0.15) is 0 Å². The first kappa shape index (κ1) is 13.3. The first-order chi connectivity index (χ1) is 6.34. The zero-order valence-electron chi connectivity index (χ0n) is 7.94. The first-order valence-corrected chi connectivity index (χ1v) is 4.10. The van der Waals surface area contributed by atoms with Crippen LogP contribution in [0.5, 0.6) is 0 Å². The van der Waals surface area contributed by atoms with Crippen LogP contribution in [0.4, 0.5) is 17.9 Å². The van der Waals surface area contributed by atoms with Gasteiger partial charge in [0.25, 0.3) is 0 Å². The van der Waals surface area contributed by atoms with E-state index in [4.69, 9.17) is 0 Å². The summed E-state index contributed by atoms with van der Waals surface area (Å²) in [5.74, 6) is -0.320. The molecule has 0 rings (SSSR count). The first-order valence-electron chi connectivity index (χ1n) is 4.10. The van der Waals surface area contributed by atoms with Crippen LogP contribution in [0.25, 0.3) is 0 Å². The minimum absolute atomic E-state index is 0.160. The molecule has 0 aromatic heterocycles. The van der Waals surface area contributed by atoms with Crippen molar-refractivity contribution in [1.29, 1.82) is 0 Å². The van der Waals surface area contributed by atoms with Gasteiger partial charge < -0.3 is 0 Å². The Bertz CT molecular complexity index is 190. The van der Waals surface area contributed by atoms with Gasteiger partial charge in [-0.1, -0.05) is 24.8 Å². The van der Waals surface area contributed by atoms with Crippen LogP contribution in [0.2, 0.25) is 0 Å². The smallest absolute Gasteiger partial charge is 0.193 e. The third-order valence-corrected chi connectivity index (χ3v) is 2.00. The highest BCUT2D eigenvalue weighted by molar-refractivity contribution is 5.78. The lowest BCUT2D eigenvalue weighted by molar-refractivity contribution is -0.367. The van der Waals surface area contributed by atoms with Crippen LogP contribution in [-0.4, -0.2) is 22.1 Å². The second kappa shape index (κ2) is 5.26. The molecule has 3 nitrogen and oxygen atoms in total. The van der Waals surface area contributed by atoms with E-state index < -0.39 is 22.8 Å². The number of nitrogens with zero attached hydrogens (tertiary/aromatic N) is 2. The van der Waals surface area contributed by atoms with E-state index in [1.54, 1.807) is 6.92 Å². The number of carbonyl (C=O) groups excluding carboxylic acids is 1. The third kappa shape index (κ3) is 3.22. The minimum Gasteiger partial charge on any atom is -0.300 e. The number of rotatable bonds is 6. The van der Waals surface area contributed by atoms with Crippen LogP contribution in [0.15, 0.2) is 0 Å². The molecular weight excluding hydrogens is 204 g/mol. The van der Waals surface area contributed by atoms with Gasteiger partial charge in [-0.25, -0.2) is 0 Å². The van der Waals surface area contributed by atoms with Gasteiger partial charge in [0.2, 0.25) is 0 Å². The summed E-state index contributed by atoms with van der Waals surface area (Å²) in [5, 5.41) is -3.17. The summed E-state index contributed by atoms with van der Waals surface area (Å²) in [6.07, 6.45) is -0.741. The van der Waals surface area contributed by atoms with E-state index in [0.717, 1.165) is 0 Å². The maximum absolute atomic E-state index is 12.1. The second-order valence-electron chi connectivity index (χ2n) is 3.08. The monoisotopic (exact) mass is 216 g/mol. The normalized spacial score (nSPS) is 12.6. The van der Waals surface area contributed by atoms with Crippen molar-refractivity contribution in [2.45, 2.75) is 38.8 Å². The Morgan fingerprint density at radius 3 is 1.93 bits per heavy atom. The molecule has 0 aliphatic heterocycles. The van der Waals surface area contributed by atoms with Crippen LogP contribution in [0, 0.1) is 0 Å². The Kier molecular flexibility index (Phi) is 5.00. The molecule has 0 amide bonds. The van der Waals surface area contributed by atoms with E-state index >= 15 is 0 Å². The summed E-state index contributed by atoms with van der Waals surface area (Å²) < 4.78 is 48.4. The fourth-order valence-corrected chi connectivity index (χ4v) is 0.779. The zero-order chi connectivity index (χ0) is 11.4. The predicted molar refractivity (Wildman–Crippen MR) is 41.0 cm³/mol. The predicted octanol–water partition coefficient (Wildman–Crippen LogP) is 2.60. The molecule has 0 aromatic carbocycles. The summed E-state index contributed by atoms with van der Waals surface area (Å²) in [5.41, 5.74) is -2.69. The SMILES string of the molecule is CCC(=O)CCC(C)(N(F)F)N(F)F. The highest BCUT2D eigenvalue weighted by atomic mass is 19.4. The Balaban J connectivity index is 4.32. The molecule has 84 valence electrons.